The predicted molar refractivity (Wildman–Crippen MR) is 190 cm³/mol. The van der Waals surface area contributed by atoms with Gasteiger partial charge < -0.3 is 19.9 Å². The first kappa shape index (κ1) is 35.1. The quantitative estimate of drug-likeness (QED) is 0.161. The molecule has 6 aromatic rings. The van der Waals surface area contributed by atoms with Gasteiger partial charge in [-0.3, -0.25) is 9.48 Å². The first-order chi connectivity index (χ1) is 25.5. The van der Waals surface area contributed by atoms with Crippen LogP contribution in [0.5, 0.6) is 5.88 Å². The van der Waals surface area contributed by atoms with Crippen LogP contribution in [0.1, 0.15) is 66.0 Å². The molecule has 0 aliphatic heterocycles. The molecule has 1 aliphatic carbocycles. The number of anilines is 1. The van der Waals surface area contributed by atoms with Crippen molar-refractivity contribution >= 4 is 22.8 Å². The van der Waals surface area contributed by atoms with E-state index in [-0.39, 0.29) is 30.9 Å². The van der Waals surface area contributed by atoms with E-state index in [1.54, 1.807) is 49.0 Å². The largest absolute Gasteiger partial charge is 0.480 e. The minimum absolute atomic E-state index is 0.198. The number of nitrogens with two attached hydrogens (primary N) is 1. The summed E-state index contributed by atoms with van der Waals surface area (Å²) in [7, 11) is 1.53. The molecule has 0 saturated heterocycles. The molecule has 0 atom stereocenters. The lowest BCUT2D eigenvalue weighted by Crippen LogP contribution is -2.25. The number of aromatic nitrogens is 9. The number of benzene rings is 2. The molecule has 16 heteroatoms. The number of halogens is 3. The number of nitrogens with zero attached hydrogens (tertiary/aromatic N) is 10. The van der Waals surface area contributed by atoms with E-state index >= 15 is 0 Å². The van der Waals surface area contributed by atoms with Gasteiger partial charge in [-0.1, -0.05) is 48.2 Å². The number of ether oxygens (including phenoxy) is 1. The van der Waals surface area contributed by atoms with Crippen LogP contribution in [0.3, 0.4) is 0 Å². The van der Waals surface area contributed by atoms with Crippen LogP contribution in [0, 0.1) is 11.8 Å². The normalized spacial score (nSPS) is 12.9. The second-order valence-electron chi connectivity index (χ2n) is 12.8. The van der Waals surface area contributed by atoms with Crippen molar-refractivity contribution in [3.05, 3.63) is 90.0 Å². The van der Waals surface area contributed by atoms with E-state index in [0.29, 0.717) is 46.4 Å². The van der Waals surface area contributed by atoms with E-state index in [1.807, 2.05) is 23.1 Å². The highest BCUT2D eigenvalue weighted by Gasteiger charge is 2.35. The molecular weight excluding hydrogens is 687 g/mol. The number of primary amides is 1. The average Bonchev–Trinajstić information content (AvgIpc) is 3.73. The maximum Gasteiger partial charge on any atom is 0.434 e. The summed E-state index contributed by atoms with van der Waals surface area (Å²) in [5.74, 6) is 7.30. The summed E-state index contributed by atoms with van der Waals surface area (Å²) in [5.41, 5.74) is 8.21. The van der Waals surface area contributed by atoms with Gasteiger partial charge >= 0.3 is 6.18 Å². The molecule has 2 aromatic carbocycles. The Balaban J connectivity index is 1.19. The average molecular weight is 722 g/mol. The van der Waals surface area contributed by atoms with Crippen molar-refractivity contribution in [1.82, 2.24) is 44.3 Å². The molecule has 0 unspecified atom stereocenters. The van der Waals surface area contributed by atoms with E-state index in [2.05, 4.69) is 41.9 Å². The number of hydrogen-bond acceptors (Lipinski definition) is 10. The maximum atomic E-state index is 13.5. The van der Waals surface area contributed by atoms with E-state index in [9.17, 15) is 18.0 Å². The smallest absolute Gasteiger partial charge is 0.434 e. The van der Waals surface area contributed by atoms with Crippen LogP contribution in [0.4, 0.5) is 19.1 Å². The van der Waals surface area contributed by atoms with Gasteiger partial charge in [0.05, 0.1) is 24.9 Å². The topological polar surface area (TPSA) is 156 Å². The molecule has 0 spiro atoms. The maximum absolute atomic E-state index is 13.5. The van der Waals surface area contributed by atoms with Crippen LogP contribution >= 0.6 is 0 Å². The SMILES string of the molecule is COc1ncnc(C2CC2)c1-c1ncnc(N(CC#CCn2cc3cccc(C(N)=O)c3n2)Cc2ccc(-c3nc(C(F)(F)F)cn3C(C)C)cc2)n1. The van der Waals surface area contributed by atoms with Crippen molar-refractivity contribution in [2.24, 2.45) is 5.73 Å². The van der Waals surface area contributed by atoms with Crippen molar-refractivity contribution in [2.45, 2.75) is 57.9 Å². The Hall–Kier alpha value is -6.37. The fourth-order valence-corrected chi connectivity index (χ4v) is 5.95. The number of alkyl halides is 3. The zero-order valence-corrected chi connectivity index (χ0v) is 29.0. The predicted octanol–water partition coefficient (Wildman–Crippen LogP) is 5.84. The third-order valence-electron chi connectivity index (χ3n) is 8.71. The Labute approximate surface area is 302 Å². The molecule has 4 aromatic heterocycles. The number of carbonyl (C=O) groups is 1. The summed E-state index contributed by atoms with van der Waals surface area (Å²) in [6, 6.07) is 12.1. The lowest BCUT2D eigenvalue weighted by molar-refractivity contribution is -0.140. The van der Waals surface area contributed by atoms with Crippen molar-refractivity contribution in [3.63, 3.8) is 0 Å². The van der Waals surface area contributed by atoms with Gasteiger partial charge in [-0.25, -0.2) is 24.9 Å². The molecule has 1 fully saturated rings. The monoisotopic (exact) mass is 721 g/mol. The molecule has 1 saturated carbocycles. The molecule has 13 nitrogen and oxygen atoms in total. The molecule has 270 valence electrons. The number of rotatable bonds is 11. The third-order valence-corrected chi connectivity index (χ3v) is 8.71. The van der Waals surface area contributed by atoms with Crippen molar-refractivity contribution in [2.75, 3.05) is 18.6 Å². The van der Waals surface area contributed by atoms with Crippen molar-refractivity contribution < 1.29 is 22.7 Å². The number of amides is 1. The molecular formula is C37H34F3N11O2. The summed E-state index contributed by atoms with van der Waals surface area (Å²) in [6.45, 7) is 4.35. The van der Waals surface area contributed by atoms with Crippen LogP contribution in [-0.4, -0.2) is 63.8 Å². The fraction of sp³-hybridized carbons (Fsp3) is 0.297. The van der Waals surface area contributed by atoms with Gasteiger partial charge in [0, 0.05) is 41.8 Å². The zero-order chi connectivity index (χ0) is 37.3. The van der Waals surface area contributed by atoms with E-state index < -0.39 is 17.8 Å². The first-order valence-electron chi connectivity index (χ1n) is 16.8. The number of hydrogen-bond donors (Lipinski definition) is 1. The van der Waals surface area contributed by atoms with Crippen LogP contribution < -0.4 is 15.4 Å². The van der Waals surface area contributed by atoms with Gasteiger partial charge in [0.15, 0.2) is 11.5 Å². The van der Waals surface area contributed by atoms with Crippen LogP contribution in [0.2, 0.25) is 0 Å². The Morgan fingerprint density at radius 3 is 2.49 bits per heavy atom. The zero-order valence-electron chi connectivity index (χ0n) is 29.0. The first-order valence-corrected chi connectivity index (χ1v) is 16.8. The molecule has 2 N–H and O–H groups in total. The van der Waals surface area contributed by atoms with Gasteiger partial charge in [-0.15, -0.1) is 0 Å². The minimum Gasteiger partial charge on any atom is -0.480 e. The van der Waals surface area contributed by atoms with Crippen LogP contribution in [-0.2, 0) is 19.3 Å². The summed E-state index contributed by atoms with van der Waals surface area (Å²) >= 11 is 0. The summed E-state index contributed by atoms with van der Waals surface area (Å²) < 4.78 is 49.4. The third kappa shape index (κ3) is 7.50. The van der Waals surface area contributed by atoms with E-state index in [1.165, 1.54) is 24.3 Å². The number of fused-ring (bicyclic) bond motifs is 1. The lowest BCUT2D eigenvalue weighted by atomic mass is 10.1. The molecule has 1 amide bonds. The fourth-order valence-electron chi connectivity index (χ4n) is 5.95. The molecule has 4 heterocycles. The van der Waals surface area contributed by atoms with Gasteiger partial charge in [-0.2, -0.15) is 23.3 Å². The van der Waals surface area contributed by atoms with Crippen molar-refractivity contribution in [3.8, 4) is 40.5 Å². The second kappa shape index (κ2) is 14.3. The highest BCUT2D eigenvalue weighted by molar-refractivity contribution is 6.04. The number of carbonyl (C=O) groups excluding carboxylic acids is 1. The van der Waals surface area contributed by atoms with E-state index in [0.717, 1.165) is 35.7 Å². The highest BCUT2D eigenvalue weighted by Crippen LogP contribution is 2.45. The van der Waals surface area contributed by atoms with Gasteiger partial charge in [0.2, 0.25) is 11.8 Å². The van der Waals surface area contributed by atoms with Gasteiger partial charge in [0.1, 0.15) is 36.1 Å². The lowest BCUT2D eigenvalue weighted by Gasteiger charge is -2.21. The minimum atomic E-state index is -4.56. The standard InChI is InChI=1S/C37H34F3N11O2/c1-22(2)51-19-28(37(38,39)40)46-34(51)25-11-9-23(10-12-25)17-49(15-4-5-16-50-18-26-7-6-8-27(32(41)52)30(26)48-50)36-45-21-43-33(47-36)29-31(24-13-14-24)42-20-44-35(29)53-3/h6-12,18-22,24H,13-17H2,1-3H3,(H2,41,52). The Morgan fingerprint density at radius 2 is 1.79 bits per heavy atom. The summed E-state index contributed by atoms with van der Waals surface area (Å²) in [5, 5.41) is 5.27. The highest BCUT2D eigenvalue weighted by atomic mass is 19.4. The molecule has 0 bridgehead atoms. The summed E-state index contributed by atoms with van der Waals surface area (Å²) in [6.07, 6.45) is 3.14. The molecule has 53 heavy (non-hydrogen) atoms. The second-order valence-corrected chi connectivity index (χ2v) is 12.8. The molecule has 0 radical (unpaired) electrons. The van der Waals surface area contributed by atoms with E-state index in [4.69, 9.17) is 15.5 Å². The number of methoxy groups -OCH3 is 1. The Morgan fingerprint density at radius 1 is 1.02 bits per heavy atom. The Kier molecular flexibility index (Phi) is 9.48. The number of imidazole rings is 1. The van der Waals surface area contributed by atoms with Crippen molar-refractivity contribution in [1.29, 1.82) is 0 Å². The van der Waals surface area contributed by atoms with Crippen LogP contribution in [0.25, 0.3) is 33.7 Å². The van der Waals surface area contributed by atoms with Crippen LogP contribution in [0.15, 0.2) is 67.5 Å². The van der Waals surface area contributed by atoms with Gasteiger partial charge in [-0.05, 0) is 38.3 Å². The Bertz CT molecular complexity index is 2350. The summed E-state index contributed by atoms with van der Waals surface area (Å²) in [4.78, 5) is 40.3. The molecule has 7 rings (SSSR count). The van der Waals surface area contributed by atoms with Gasteiger partial charge in [0.25, 0.3) is 5.91 Å². The molecule has 1 aliphatic rings.